The van der Waals surface area contributed by atoms with Crippen LogP contribution in [-0.4, -0.2) is 65.4 Å². The number of Topliss-reactive ketones (excluding diaryl/α,β-unsaturated/α-hetero) is 1. The molecular weight excluding hydrogens is 466 g/mol. The molecule has 2 aromatic rings. The molecule has 0 aromatic heterocycles. The highest BCUT2D eigenvalue weighted by Crippen LogP contribution is 2.38. The van der Waals surface area contributed by atoms with Gasteiger partial charge < -0.3 is 9.64 Å². The van der Waals surface area contributed by atoms with Crippen LogP contribution in [0, 0.1) is 17.0 Å². The minimum Gasteiger partial charge on any atom is -0.459 e. The first-order valence-corrected chi connectivity index (χ1v) is 11.8. The molecule has 2 aliphatic heterocycles. The minimum absolute atomic E-state index is 0.0234. The number of nitro groups is 1. The summed E-state index contributed by atoms with van der Waals surface area (Å²) in [6.07, 6.45) is -0.165. The third-order valence-electron chi connectivity index (χ3n) is 6.06. The van der Waals surface area contributed by atoms with Crippen LogP contribution >= 0.6 is 0 Å². The van der Waals surface area contributed by atoms with Gasteiger partial charge in [-0.2, -0.15) is 4.31 Å². The standard InChI is InChI=1S/C22H21N3O8S/c1-13-3-9-16(10-4-13)34(31,32)23(2)19-17-11-18(26)20(24(17)21(19)27)22(28)33-12-14-5-7-15(8-6-14)25(29)30/h3-10,17,19-20H,11-12H2,1-2H3. The van der Waals surface area contributed by atoms with E-state index in [0.717, 1.165) is 14.8 Å². The minimum atomic E-state index is -3.99. The topological polar surface area (TPSA) is 144 Å². The van der Waals surface area contributed by atoms with Crippen LogP contribution in [0.3, 0.4) is 0 Å². The number of carbonyl (C=O) groups is 3. The molecule has 2 saturated heterocycles. The van der Waals surface area contributed by atoms with Crippen molar-refractivity contribution in [2.75, 3.05) is 7.05 Å². The van der Waals surface area contributed by atoms with Gasteiger partial charge in [-0.1, -0.05) is 17.7 Å². The number of hydrogen-bond acceptors (Lipinski definition) is 8. The molecule has 3 unspecified atom stereocenters. The summed E-state index contributed by atoms with van der Waals surface area (Å²) in [7, 11) is -2.71. The number of rotatable bonds is 7. The van der Waals surface area contributed by atoms with Crippen molar-refractivity contribution in [3.63, 3.8) is 0 Å². The Kier molecular flexibility index (Phi) is 5.96. The molecular formula is C22H21N3O8S. The molecule has 2 heterocycles. The molecule has 1 amide bonds. The molecule has 178 valence electrons. The Morgan fingerprint density at radius 2 is 1.76 bits per heavy atom. The number of benzene rings is 2. The number of ketones is 1. The summed E-state index contributed by atoms with van der Waals surface area (Å²) in [4.78, 5) is 49.2. The number of nitrogens with zero attached hydrogens (tertiary/aromatic N) is 3. The van der Waals surface area contributed by atoms with Gasteiger partial charge in [0.05, 0.1) is 15.9 Å². The van der Waals surface area contributed by atoms with Gasteiger partial charge in [0.15, 0.2) is 11.8 Å². The maximum atomic E-state index is 13.0. The molecule has 0 N–H and O–H groups in total. The molecule has 34 heavy (non-hydrogen) atoms. The van der Waals surface area contributed by atoms with Gasteiger partial charge in [0.25, 0.3) is 5.69 Å². The number of carbonyl (C=O) groups excluding carboxylic acids is 3. The third-order valence-corrected chi connectivity index (χ3v) is 7.92. The maximum absolute atomic E-state index is 13.0. The number of ether oxygens (including phenoxy) is 1. The van der Waals surface area contributed by atoms with Gasteiger partial charge in [-0.15, -0.1) is 0 Å². The number of esters is 1. The van der Waals surface area contributed by atoms with Crippen molar-refractivity contribution in [1.82, 2.24) is 9.21 Å². The fraction of sp³-hybridized carbons (Fsp3) is 0.318. The second-order valence-corrected chi connectivity index (χ2v) is 10.2. The Morgan fingerprint density at radius 3 is 2.35 bits per heavy atom. The lowest BCUT2D eigenvalue weighted by Crippen LogP contribution is -2.70. The van der Waals surface area contributed by atoms with E-state index in [-0.39, 0.29) is 23.6 Å². The summed E-state index contributed by atoms with van der Waals surface area (Å²) in [6, 6.07) is 8.23. The van der Waals surface area contributed by atoms with Crippen LogP contribution in [-0.2, 0) is 35.8 Å². The molecule has 2 fully saturated rings. The first-order chi connectivity index (χ1) is 16.0. The van der Waals surface area contributed by atoms with Crippen molar-refractivity contribution in [3.8, 4) is 0 Å². The van der Waals surface area contributed by atoms with E-state index in [2.05, 4.69) is 0 Å². The molecule has 0 spiro atoms. The molecule has 2 aromatic carbocycles. The number of aryl methyl sites for hydroxylation is 1. The highest BCUT2D eigenvalue weighted by Gasteiger charge is 2.62. The zero-order valence-corrected chi connectivity index (χ0v) is 19.1. The van der Waals surface area contributed by atoms with Crippen molar-refractivity contribution < 1.29 is 32.5 Å². The average molecular weight is 487 g/mol. The summed E-state index contributed by atoms with van der Waals surface area (Å²) < 4.78 is 32.1. The molecule has 2 aliphatic rings. The van der Waals surface area contributed by atoms with Gasteiger partial charge in [-0.3, -0.25) is 19.7 Å². The van der Waals surface area contributed by atoms with E-state index in [1.54, 1.807) is 12.1 Å². The Morgan fingerprint density at radius 1 is 1.15 bits per heavy atom. The lowest BCUT2D eigenvalue weighted by Gasteiger charge is -2.46. The summed E-state index contributed by atoms with van der Waals surface area (Å²) in [5.74, 6) is -2.11. The van der Waals surface area contributed by atoms with E-state index in [1.165, 1.54) is 43.4 Å². The van der Waals surface area contributed by atoms with E-state index in [1.807, 2.05) is 6.92 Å². The quantitative estimate of drug-likeness (QED) is 0.186. The molecule has 0 bridgehead atoms. The van der Waals surface area contributed by atoms with Crippen molar-refractivity contribution in [2.24, 2.45) is 0 Å². The fourth-order valence-electron chi connectivity index (χ4n) is 4.17. The number of β-lactam (4-membered cyclic amide) rings is 1. The molecule has 12 heteroatoms. The summed E-state index contributed by atoms with van der Waals surface area (Å²) in [5.41, 5.74) is 1.23. The van der Waals surface area contributed by atoms with Gasteiger partial charge in [0.1, 0.15) is 12.6 Å². The van der Waals surface area contributed by atoms with Crippen LogP contribution in [0.2, 0.25) is 0 Å². The third kappa shape index (κ3) is 3.94. The summed E-state index contributed by atoms with van der Waals surface area (Å²) in [5, 5.41) is 10.7. The average Bonchev–Trinajstić information content (AvgIpc) is 3.10. The van der Waals surface area contributed by atoms with Gasteiger partial charge in [-0.25, -0.2) is 13.2 Å². The first kappa shape index (κ1) is 23.5. The van der Waals surface area contributed by atoms with Crippen molar-refractivity contribution in [1.29, 1.82) is 0 Å². The zero-order valence-electron chi connectivity index (χ0n) is 18.3. The van der Waals surface area contributed by atoms with Crippen molar-refractivity contribution in [3.05, 3.63) is 69.8 Å². The summed E-state index contributed by atoms with van der Waals surface area (Å²) in [6.45, 7) is 1.58. The lowest BCUT2D eigenvalue weighted by molar-refractivity contribution is -0.384. The highest BCUT2D eigenvalue weighted by atomic mass is 32.2. The van der Waals surface area contributed by atoms with E-state index in [0.29, 0.717) is 5.56 Å². The second kappa shape index (κ2) is 8.61. The molecule has 0 aliphatic carbocycles. The molecule has 3 atom stereocenters. The molecule has 11 nitrogen and oxygen atoms in total. The number of likely N-dealkylation sites (N-methyl/N-ethyl adjacent to an activating group) is 1. The number of non-ortho nitro benzene ring substituents is 1. The fourth-order valence-corrected chi connectivity index (χ4v) is 5.51. The van der Waals surface area contributed by atoms with Gasteiger partial charge in [0.2, 0.25) is 15.9 Å². The largest absolute Gasteiger partial charge is 0.459 e. The molecule has 4 rings (SSSR count). The predicted molar refractivity (Wildman–Crippen MR) is 117 cm³/mol. The van der Waals surface area contributed by atoms with E-state index >= 15 is 0 Å². The van der Waals surface area contributed by atoms with E-state index < -0.39 is 50.7 Å². The number of nitro benzene ring substituents is 1. The lowest BCUT2D eigenvalue weighted by atomic mass is 9.96. The first-order valence-electron chi connectivity index (χ1n) is 10.3. The van der Waals surface area contributed by atoms with Crippen LogP contribution in [0.1, 0.15) is 17.5 Å². The van der Waals surface area contributed by atoms with Gasteiger partial charge >= 0.3 is 5.97 Å². The predicted octanol–water partition coefficient (Wildman–Crippen LogP) is 1.19. The highest BCUT2D eigenvalue weighted by molar-refractivity contribution is 7.89. The van der Waals surface area contributed by atoms with E-state index in [9.17, 15) is 32.9 Å². The summed E-state index contributed by atoms with van der Waals surface area (Å²) >= 11 is 0. The van der Waals surface area contributed by atoms with E-state index in [4.69, 9.17) is 4.74 Å². The van der Waals surface area contributed by atoms with Crippen LogP contribution in [0.4, 0.5) is 5.69 Å². The maximum Gasteiger partial charge on any atom is 0.337 e. The zero-order chi connectivity index (χ0) is 24.8. The van der Waals surface area contributed by atoms with Gasteiger partial charge in [-0.05, 0) is 36.8 Å². The van der Waals surface area contributed by atoms with Crippen molar-refractivity contribution >= 4 is 33.4 Å². The SMILES string of the molecule is Cc1ccc(S(=O)(=O)N(C)C2C(=O)N3C(C(=O)OCc4ccc([N+](=O)[O-])cc4)C(=O)CC23)cc1. The molecule has 0 radical (unpaired) electrons. The normalized spacial score (nSPS) is 21.9. The Hall–Kier alpha value is -3.64. The van der Waals surface area contributed by atoms with Crippen LogP contribution in [0.25, 0.3) is 0 Å². The Bertz CT molecular complexity index is 1270. The monoisotopic (exact) mass is 487 g/mol. The number of amides is 1. The van der Waals surface area contributed by atoms with Crippen LogP contribution in [0.5, 0.6) is 0 Å². The van der Waals surface area contributed by atoms with Gasteiger partial charge in [0, 0.05) is 25.6 Å². The number of fused-ring (bicyclic) bond motifs is 1. The Balaban J connectivity index is 1.44. The van der Waals surface area contributed by atoms with Crippen molar-refractivity contribution in [2.45, 2.75) is 43.0 Å². The molecule has 0 saturated carbocycles. The van der Waals surface area contributed by atoms with Crippen LogP contribution < -0.4 is 0 Å². The number of sulfonamides is 1. The number of hydrogen-bond donors (Lipinski definition) is 0. The Labute approximate surface area is 195 Å². The second-order valence-electron chi connectivity index (χ2n) is 8.20. The smallest absolute Gasteiger partial charge is 0.337 e. The van der Waals surface area contributed by atoms with Crippen LogP contribution in [0.15, 0.2) is 53.4 Å².